The average molecular weight is 358 g/mol. The zero-order valence-electron chi connectivity index (χ0n) is 16.0. The van der Waals surface area contributed by atoms with Gasteiger partial charge in [0.05, 0.1) is 29.8 Å². The lowest BCUT2D eigenvalue weighted by Crippen LogP contribution is -2.49. The lowest BCUT2D eigenvalue weighted by atomic mass is 9.89. The van der Waals surface area contributed by atoms with Crippen LogP contribution < -0.4 is 0 Å². The van der Waals surface area contributed by atoms with Gasteiger partial charge in [-0.15, -0.1) is 5.10 Å². The Morgan fingerprint density at radius 1 is 1.19 bits per heavy atom. The van der Waals surface area contributed by atoms with Crippen LogP contribution in [-0.4, -0.2) is 54.0 Å². The number of rotatable bonds is 3. The molecule has 0 radical (unpaired) electrons. The number of amides is 1. The van der Waals surface area contributed by atoms with Crippen molar-refractivity contribution in [3.05, 3.63) is 34.7 Å². The molecule has 1 fully saturated rings. The number of hydrogen-bond acceptors (Lipinski definition) is 6. The molecule has 0 saturated carbocycles. The van der Waals surface area contributed by atoms with E-state index in [1.807, 2.05) is 27.7 Å². The number of likely N-dealkylation sites (tertiary alicyclic amines) is 1. The molecule has 3 heterocycles. The number of piperidine rings is 1. The fourth-order valence-corrected chi connectivity index (χ4v) is 3.23. The Balaban J connectivity index is 1.85. The van der Waals surface area contributed by atoms with Gasteiger partial charge in [0.15, 0.2) is 0 Å². The van der Waals surface area contributed by atoms with Crippen LogP contribution in [0, 0.1) is 20.8 Å². The molecule has 2 aromatic heterocycles. The van der Waals surface area contributed by atoms with Gasteiger partial charge in [-0.25, -0.2) is 9.67 Å². The van der Waals surface area contributed by atoms with Gasteiger partial charge in [-0.2, -0.15) is 0 Å². The highest BCUT2D eigenvalue weighted by molar-refractivity contribution is 5.93. The van der Waals surface area contributed by atoms with Crippen LogP contribution >= 0.6 is 0 Å². The van der Waals surface area contributed by atoms with Gasteiger partial charge in [-0.05, 0) is 47.5 Å². The second-order valence-corrected chi connectivity index (χ2v) is 7.37. The minimum Gasteiger partial charge on any atom is -0.382 e. The molecule has 8 heteroatoms. The van der Waals surface area contributed by atoms with Crippen molar-refractivity contribution < 1.29 is 9.90 Å². The van der Waals surface area contributed by atoms with Gasteiger partial charge in [0.2, 0.25) is 0 Å². The van der Waals surface area contributed by atoms with Crippen LogP contribution in [0.15, 0.2) is 6.20 Å². The summed E-state index contributed by atoms with van der Waals surface area (Å²) < 4.78 is 1.72. The topological polar surface area (TPSA) is 97.0 Å². The van der Waals surface area contributed by atoms with E-state index in [0.717, 1.165) is 11.4 Å². The SMILES string of the molecule is Cc1nc(C)c(C(=O)N2CCC[C@](O)(c3cn(C(C)C)nn3)C2)nc1C. The number of aliphatic hydroxyl groups is 1. The third-order valence-electron chi connectivity index (χ3n) is 4.96. The number of carbonyl (C=O) groups is 1. The number of hydrogen-bond donors (Lipinski definition) is 1. The largest absolute Gasteiger partial charge is 0.382 e. The van der Waals surface area contributed by atoms with E-state index < -0.39 is 5.60 Å². The molecule has 1 aliphatic rings. The first kappa shape index (κ1) is 18.4. The molecular formula is C18H26N6O2. The predicted octanol–water partition coefficient (Wildman–Crippen LogP) is 1.70. The van der Waals surface area contributed by atoms with Crippen LogP contribution in [0.5, 0.6) is 0 Å². The van der Waals surface area contributed by atoms with Crippen molar-refractivity contribution in [1.82, 2.24) is 29.9 Å². The maximum absolute atomic E-state index is 13.0. The summed E-state index contributed by atoms with van der Waals surface area (Å²) in [5.41, 5.74) is 1.83. The normalized spacial score (nSPS) is 20.7. The summed E-state index contributed by atoms with van der Waals surface area (Å²) in [5, 5.41) is 19.3. The highest BCUT2D eigenvalue weighted by Crippen LogP contribution is 2.31. The Kier molecular flexibility index (Phi) is 4.79. The van der Waals surface area contributed by atoms with E-state index >= 15 is 0 Å². The molecule has 26 heavy (non-hydrogen) atoms. The molecule has 1 N–H and O–H groups in total. The van der Waals surface area contributed by atoms with Crippen molar-refractivity contribution in [3.8, 4) is 0 Å². The minimum absolute atomic E-state index is 0.162. The number of carbonyl (C=O) groups excluding carboxylic acids is 1. The third kappa shape index (κ3) is 3.33. The van der Waals surface area contributed by atoms with Gasteiger partial charge in [0, 0.05) is 12.6 Å². The van der Waals surface area contributed by atoms with Crippen molar-refractivity contribution >= 4 is 5.91 Å². The summed E-state index contributed by atoms with van der Waals surface area (Å²) in [6.07, 6.45) is 3.00. The van der Waals surface area contributed by atoms with Crippen molar-refractivity contribution in [3.63, 3.8) is 0 Å². The van der Waals surface area contributed by atoms with Crippen molar-refractivity contribution in [1.29, 1.82) is 0 Å². The van der Waals surface area contributed by atoms with E-state index in [2.05, 4.69) is 20.3 Å². The second kappa shape index (κ2) is 6.75. The summed E-state index contributed by atoms with van der Waals surface area (Å²) in [7, 11) is 0. The van der Waals surface area contributed by atoms with Crippen molar-refractivity contribution in [2.45, 2.75) is 59.1 Å². The maximum Gasteiger partial charge on any atom is 0.274 e. The molecule has 0 bridgehead atoms. The Hall–Kier alpha value is -2.35. The Morgan fingerprint density at radius 3 is 2.54 bits per heavy atom. The molecular weight excluding hydrogens is 332 g/mol. The van der Waals surface area contributed by atoms with Gasteiger partial charge >= 0.3 is 0 Å². The summed E-state index contributed by atoms with van der Waals surface area (Å²) in [5.74, 6) is -0.201. The standard InChI is InChI=1S/C18H26N6O2/c1-11(2)24-9-15(21-22-24)18(26)7-6-8-23(10-18)17(25)16-14(5)19-12(3)13(4)20-16/h9,11,26H,6-8,10H2,1-5H3/t18-/m1/s1. The van der Waals surface area contributed by atoms with E-state index in [1.54, 1.807) is 22.7 Å². The minimum atomic E-state index is -1.19. The number of nitrogens with zero attached hydrogens (tertiary/aromatic N) is 6. The van der Waals surface area contributed by atoms with Crippen LogP contribution in [0.3, 0.4) is 0 Å². The maximum atomic E-state index is 13.0. The fourth-order valence-electron chi connectivity index (χ4n) is 3.23. The average Bonchev–Trinajstić information content (AvgIpc) is 3.09. The van der Waals surface area contributed by atoms with Gasteiger partial charge < -0.3 is 10.0 Å². The van der Waals surface area contributed by atoms with Crippen LogP contribution in [0.1, 0.15) is 66.0 Å². The molecule has 8 nitrogen and oxygen atoms in total. The zero-order chi connectivity index (χ0) is 19.1. The fraction of sp³-hybridized carbons (Fsp3) is 0.611. The molecule has 2 aromatic rings. The highest BCUT2D eigenvalue weighted by Gasteiger charge is 2.40. The number of β-amino-alcohol motifs (C(OH)–C–C–N with tert-alkyl or cyclic N) is 1. The van der Waals surface area contributed by atoms with Crippen molar-refractivity contribution in [2.75, 3.05) is 13.1 Å². The molecule has 3 rings (SSSR count). The van der Waals surface area contributed by atoms with Crippen LogP contribution in [-0.2, 0) is 5.60 Å². The second-order valence-electron chi connectivity index (χ2n) is 7.37. The van der Waals surface area contributed by atoms with E-state index in [1.165, 1.54) is 0 Å². The monoisotopic (exact) mass is 358 g/mol. The first-order chi connectivity index (χ1) is 12.2. The number of aryl methyl sites for hydroxylation is 3. The molecule has 1 amide bonds. The molecule has 1 atom stereocenters. The summed E-state index contributed by atoms with van der Waals surface area (Å²) in [6, 6.07) is 0.162. The molecule has 140 valence electrons. The summed E-state index contributed by atoms with van der Waals surface area (Å²) in [4.78, 5) is 23.5. The highest BCUT2D eigenvalue weighted by atomic mass is 16.3. The Bertz CT molecular complexity index is 831. The molecule has 0 unspecified atom stereocenters. The molecule has 0 aromatic carbocycles. The van der Waals surface area contributed by atoms with Crippen LogP contribution in [0.2, 0.25) is 0 Å². The third-order valence-corrected chi connectivity index (χ3v) is 4.96. The van der Waals surface area contributed by atoms with Crippen LogP contribution in [0.4, 0.5) is 0 Å². The predicted molar refractivity (Wildman–Crippen MR) is 95.7 cm³/mol. The van der Waals surface area contributed by atoms with E-state index in [0.29, 0.717) is 36.5 Å². The summed E-state index contributed by atoms with van der Waals surface area (Å²) in [6.45, 7) is 10.3. The summed E-state index contributed by atoms with van der Waals surface area (Å²) >= 11 is 0. The smallest absolute Gasteiger partial charge is 0.274 e. The Morgan fingerprint density at radius 2 is 1.88 bits per heavy atom. The lowest BCUT2D eigenvalue weighted by molar-refractivity contribution is -0.0322. The van der Waals surface area contributed by atoms with E-state index in [4.69, 9.17) is 0 Å². The van der Waals surface area contributed by atoms with E-state index in [-0.39, 0.29) is 18.5 Å². The first-order valence-corrected chi connectivity index (χ1v) is 8.97. The molecule has 0 aliphatic carbocycles. The lowest BCUT2D eigenvalue weighted by Gasteiger charge is -2.37. The van der Waals surface area contributed by atoms with Crippen LogP contribution in [0.25, 0.3) is 0 Å². The van der Waals surface area contributed by atoms with Crippen molar-refractivity contribution in [2.24, 2.45) is 0 Å². The van der Waals surface area contributed by atoms with E-state index in [9.17, 15) is 9.90 Å². The quantitative estimate of drug-likeness (QED) is 0.897. The Labute approximate surface area is 153 Å². The van der Waals surface area contributed by atoms with Gasteiger partial charge in [-0.3, -0.25) is 9.78 Å². The number of aromatic nitrogens is 5. The van der Waals surface area contributed by atoms with Gasteiger partial charge in [0.1, 0.15) is 17.0 Å². The molecule has 1 saturated heterocycles. The molecule has 0 spiro atoms. The van der Waals surface area contributed by atoms with Gasteiger partial charge in [-0.1, -0.05) is 5.21 Å². The first-order valence-electron chi connectivity index (χ1n) is 8.97. The zero-order valence-corrected chi connectivity index (χ0v) is 16.0. The molecule has 1 aliphatic heterocycles. The van der Waals surface area contributed by atoms with Gasteiger partial charge in [0.25, 0.3) is 5.91 Å².